The van der Waals surface area contributed by atoms with Gasteiger partial charge in [0.1, 0.15) is 0 Å². The molecule has 2 rings (SSSR count). The zero-order valence-electron chi connectivity index (χ0n) is 13.2. The van der Waals surface area contributed by atoms with Gasteiger partial charge < -0.3 is 0 Å². The summed E-state index contributed by atoms with van der Waals surface area (Å²) in [4.78, 5) is 0. The average Bonchev–Trinajstić information content (AvgIpc) is 2.49. The van der Waals surface area contributed by atoms with Crippen molar-refractivity contribution in [2.75, 3.05) is 0 Å². The summed E-state index contributed by atoms with van der Waals surface area (Å²) in [5.41, 5.74) is 2.52. The molecule has 0 atom stereocenters. The molecule has 0 spiro atoms. The lowest BCUT2D eigenvalue weighted by molar-refractivity contribution is 0.507. The highest BCUT2D eigenvalue weighted by Crippen LogP contribution is 2.15. The minimum absolute atomic E-state index is 0.0358. The molecule has 0 aliphatic carbocycles. The van der Waals surface area contributed by atoms with Crippen molar-refractivity contribution in [1.82, 2.24) is 0 Å². The molecule has 0 aromatic heterocycles. The van der Waals surface area contributed by atoms with Gasteiger partial charge in [0.25, 0.3) is 0 Å². The van der Waals surface area contributed by atoms with E-state index in [0.717, 1.165) is 22.8 Å². The predicted octanol–water partition coefficient (Wildman–Crippen LogP) is 4.07. The fourth-order valence-electron chi connectivity index (χ4n) is 2.18. The summed E-state index contributed by atoms with van der Waals surface area (Å²) in [6, 6.07) is 11.3. The number of sulfone groups is 1. The van der Waals surface area contributed by atoms with Crippen LogP contribution in [0.25, 0.3) is 0 Å². The van der Waals surface area contributed by atoms with Gasteiger partial charge in [-0.2, -0.15) is 0 Å². The van der Waals surface area contributed by atoms with Gasteiger partial charge >= 0.3 is 0 Å². The second-order valence-electron chi connectivity index (χ2n) is 5.92. The molecular weight excluding hydrogens is 318 g/mol. The van der Waals surface area contributed by atoms with E-state index in [1.807, 2.05) is 12.1 Å². The Morgan fingerprint density at radius 3 is 1.91 bits per heavy atom. The summed E-state index contributed by atoms with van der Waals surface area (Å²) in [6.07, 6.45) is 1.28. The van der Waals surface area contributed by atoms with E-state index in [2.05, 4.69) is 0 Å². The summed E-state index contributed by atoms with van der Waals surface area (Å²) < 4.78 is 49.8. The molecule has 0 unspecified atom stereocenters. The standard InChI is InChI=1S/C18H20F2O2S/c1-13(2)23(21,22)12-16-7-4-14(5-8-16)3-6-15-9-10-17(19)18(20)11-15/h4-5,7-11,13H,3,6,12H2,1-2H3. The molecule has 0 saturated carbocycles. The number of hydrogen-bond donors (Lipinski definition) is 0. The maximum atomic E-state index is 13.1. The Hall–Kier alpha value is -1.75. The fourth-order valence-corrected chi connectivity index (χ4v) is 3.18. The Labute approximate surface area is 136 Å². The van der Waals surface area contributed by atoms with Crippen LogP contribution in [0.4, 0.5) is 8.78 Å². The van der Waals surface area contributed by atoms with Crippen LogP contribution in [0.2, 0.25) is 0 Å². The Balaban J connectivity index is 1.99. The van der Waals surface area contributed by atoms with Crippen molar-refractivity contribution < 1.29 is 17.2 Å². The zero-order valence-corrected chi connectivity index (χ0v) is 14.0. The first-order valence-electron chi connectivity index (χ1n) is 7.51. The smallest absolute Gasteiger partial charge is 0.159 e. The largest absolute Gasteiger partial charge is 0.228 e. The van der Waals surface area contributed by atoms with E-state index in [1.54, 1.807) is 32.0 Å². The quantitative estimate of drug-likeness (QED) is 0.795. The minimum atomic E-state index is -3.11. The van der Waals surface area contributed by atoms with Crippen molar-refractivity contribution in [2.45, 2.75) is 37.7 Å². The third kappa shape index (κ3) is 4.86. The zero-order chi connectivity index (χ0) is 17.0. The number of rotatable bonds is 6. The van der Waals surface area contributed by atoms with Gasteiger partial charge in [-0.25, -0.2) is 17.2 Å². The molecule has 2 aromatic carbocycles. The molecule has 124 valence electrons. The highest BCUT2D eigenvalue weighted by molar-refractivity contribution is 7.91. The summed E-state index contributed by atoms with van der Waals surface area (Å²) in [6.45, 7) is 3.34. The van der Waals surface area contributed by atoms with Crippen molar-refractivity contribution in [1.29, 1.82) is 0 Å². The van der Waals surface area contributed by atoms with E-state index in [0.29, 0.717) is 12.8 Å². The van der Waals surface area contributed by atoms with Gasteiger partial charge in [-0.1, -0.05) is 30.3 Å². The number of aryl methyl sites for hydroxylation is 2. The van der Waals surface area contributed by atoms with Gasteiger partial charge in [0.05, 0.1) is 11.0 Å². The van der Waals surface area contributed by atoms with Crippen LogP contribution in [-0.2, 0) is 28.4 Å². The average molecular weight is 338 g/mol. The van der Waals surface area contributed by atoms with Crippen LogP contribution >= 0.6 is 0 Å². The lowest BCUT2D eigenvalue weighted by Crippen LogP contribution is -2.15. The predicted molar refractivity (Wildman–Crippen MR) is 88.0 cm³/mol. The van der Waals surface area contributed by atoms with Gasteiger partial charge in [-0.05, 0) is 55.5 Å². The van der Waals surface area contributed by atoms with E-state index in [9.17, 15) is 17.2 Å². The topological polar surface area (TPSA) is 34.1 Å². The molecular formula is C18H20F2O2S. The molecule has 0 N–H and O–H groups in total. The molecule has 23 heavy (non-hydrogen) atoms. The molecule has 0 amide bonds. The van der Waals surface area contributed by atoms with Crippen LogP contribution in [0.1, 0.15) is 30.5 Å². The highest BCUT2D eigenvalue weighted by Gasteiger charge is 2.16. The van der Waals surface area contributed by atoms with Crippen LogP contribution in [0, 0.1) is 11.6 Å². The molecule has 2 aromatic rings. The number of benzene rings is 2. The van der Waals surface area contributed by atoms with Gasteiger partial charge in [0.2, 0.25) is 0 Å². The van der Waals surface area contributed by atoms with E-state index < -0.39 is 26.7 Å². The summed E-state index contributed by atoms with van der Waals surface area (Å²) in [5, 5.41) is -0.393. The maximum Gasteiger partial charge on any atom is 0.159 e. The van der Waals surface area contributed by atoms with E-state index in [1.165, 1.54) is 6.07 Å². The highest BCUT2D eigenvalue weighted by atomic mass is 32.2. The first kappa shape index (κ1) is 17.6. The van der Waals surface area contributed by atoms with E-state index in [-0.39, 0.29) is 5.75 Å². The lowest BCUT2D eigenvalue weighted by atomic mass is 10.0. The summed E-state index contributed by atoms with van der Waals surface area (Å²) >= 11 is 0. The molecule has 0 bridgehead atoms. The number of hydrogen-bond acceptors (Lipinski definition) is 2. The Morgan fingerprint density at radius 2 is 1.35 bits per heavy atom. The van der Waals surface area contributed by atoms with E-state index >= 15 is 0 Å². The molecule has 0 saturated heterocycles. The van der Waals surface area contributed by atoms with E-state index in [4.69, 9.17) is 0 Å². The summed E-state index contributed by atoms with van der Waals surface area (Å²) in [5.74, 6) is -1.64. The molecule has 5 heteroatoms. The lowest BCUT2D eigenvalue weighted by Gasteiger charge is -2.08. The van der Waals surface area contributed by atoms with Crippen LogP contribution in [-0.4, -0.2) is 13.7 Å². The second kappa shape index (κ2) is 7.21. The summed E-state index contributed by atoms with van der Waals surface area (Å²) in [7, 11) is -3.11. The van der Waals surface area contributed by atoms with Crippen molar-refractivity contribution >= 4 is 9.84 Å². The first-order chi connectivity index (χ1) is 10.8. The third-order valence-electron chi connectivity index (χ3n) is 3.80. The SMILES string of the molecule is CC(C)S(=O)(=O)Cc1ccc(CCc2ccc(F)c(F)c2)cc1. The van der Waals surface area contributed by atoms with Crippen molar-refractivity contribution in [3.63, 3.8) is 0 Å². The molecule has 2 nitrogen and oxygen atoms in total. The van der Waals surface area contributed by atoms with Gasteiger partial charge in [-0.15, -0.1) is 0 Å². The van der Waals surface area contributed by atoms with Crippen molar-refractivity contribution in [2.24, 2.45) is 0 Å². The van der Waals surface area contributed by atoms with Crippen LogP contribution in [0.15, 0.2) is 42.5 Å². The maximum absolute atomic E-state index is 13.1. The Kier molecular flexibility index (Phi) is 5.52. The van der Waals surface area contributed by atoms with Crippen molar-refractivity contribution in [3.05, 3.63) is 70.8 Å². The molecule has 0 aliphatic heterocycles. The second-order valence-corrected chi connectivity index (χ2v) is 8.48. The van der Waals surface area contributed by atoms with Gasteiger partial charge in [0, 0.05) is 0 Å². The van der Waals surface area contributed by atoms with Crippen LogP contribution in [0.5, 0.6) is 0 Å². The minimum Gasteiger partial charge on any atom is -0.228 e. The normalized spacial score (nSPS) is 11.9. The van der Waals surface area contributed by atoms with Gasteiger partial charge in [-0.3, -0.25) is 0 Å². The van der Waals surface area contributed by atoms with Crippen LogP contribution < -0.4 is 0 Å². The molecule has 0 heterocycles. The van der Waals surface area contributed by atoms with Crippen LogP contribution in [0.3, 0.4) is 0 Å². The third-order valence-corrected chi connectivity index (χ3v) is 5.97. The Morgan fingerprint density at radius 1 is 0.826 bits per heavy atom. The molecule has 0 aliphatic rings. The number of halogens is 2. The monoisotopic (exact) mass is 338 g/mol. The van der Waals surface area contributed by atoms with Gasteiger partial charge in [0.15, 0.2) is 21.5 Å². The molecule has 0 radical (unpaired) electrons. The first-order valence-corrected chi connectivity index (χ1v) is 9.23. The molecule has 0 fully saturated rings. The van der Waals surface area contributed by atoms with Crippen molar-refractivity contribution in [3.8, 4) is 0 Å². The fraction of sp³-hybridized carbons (Fsp3) is 0.333. The Bertz CT molecular complexity index is 766.